The molecule has 0 radical (unpaired) electrons. The molecule has 2 aromatic rings. The molecule has 2 heterocycles. The number of morpholine rings is 1. The summed E-state index contributed by atoms with van der Waals surface area (Å²) in [6.45, 7) is 4.36. The van der Waals surface area contributed by atoms with E-state index in [1.54, 1.807) is 7.11 Å². The summed E-state index contributed by atoms with van der Waals surface area (Å²) in [6.07, 6.45) is -0.0167. The fourth-order valence-corrected chi connectivity index (χ4v) is 2.85. The molecular weight excluding hydrogens is 294 g/mol. The van der Waals surface area contributed by atoms with Crippen molar-refractivity contribution in [3.63, 3.8) is 0 Å². The summed E-state index contributed by atoms with van der Waals surface area (Å²) in [5.41, 5.74) is 2.22. The first kappa shape index (κ1) is 15.7. The monoisotopic (exact) mass is 315 g/mol. The second-order valence-corrected chi connectivity index (χ2v) is 5.65. The summed E-state index contributed by atoms with van der Waals surface area (Å²) in [4.78, 5) is 21.1. The lowest BCUT2D eigenvalue weighted by molar-refractivity contribution is 0.0391. The number of benzene rings is 1. The zero-order valence-electron chi connectivity index (χ0n) is 13.4. The molecule has 122 valence electrons. The summed E-state index contributed by atoms with van der Waals surface area (Å²) in [5, 5.41) is 0. The third-order valence-corrected chi connectivity index (χ3v) is 3.98. The van der Waals surface area contributed by atoms with Crippen molar-refractivity contribution in [3.05, 3.63) is 57.6 Å². The number of hydrogen-bond acceptors (Lipinski definition) is 5. The number of rotatable bonds is 4. The summed E-state index contributed by atoms with van der Waals surface area (Å²) in [6, 6.07) is 9.74. The van der Waals surface area contributed by atoms with E-state index >= 15 is 0 Å². The van der Waals surface area contributed by atoms with E-state index in [0.717, 1.165) is 0 Å². The average Bonchev–Trinajstić information content (AvgIpc) is 2.55. The van der Waals surface area contributed by atoms with Gasteiger partial charge in [-0.25, -0.2) is 4.98 Å². The normalized spacial score (nSPS) is 18.2. The van der Waals surface area contributed by atoms with Crippen LogP contribution in [-0.2, 0) is 16.1 Å². The third kappa shape index (κ3) is 3.60. The molecule has 0 amide bonds. The number of hydrogen-bond donors (Lipinski definition) is 1. The van der Waals surface area contributed by atoms with E-state index in [1.807, 2.05) is 12.1 Å². The van der Waals surface area contributed by atoms with Gasteiger partial charge in [-0.05, 0) is 18.1 Å². The molecule has 1 saturated heterocycles. The Morgan fingerprint density at radius 1 is 1.43 bits per heavy atom. The maximum Gasteiger partial charge on any atom is 0.253 e. The number of aromatic nitrogens is 2. The van der Waals surface area contributed by atoms with Crippen LogP contribution in [0.15, 0.2) is 35.1 Å². The van der Waals surface area contributed by atoms with E-state index in [4.69, 9.17) is 9.47 Å². The van der Waals surface area contributed by atoms with Gasteiger partial charge in [0.15, 0.2) is 0 Å². The zero-order chi connectivity index (χ0) is 16.2. The van der Waals surface area contributed by atoms with Gasteiger partial charge in [-0.1, -0.05) is 24.3 Å². The van der Waals surface area contributed by atoms with E-state index in [9.17, 15) is 4.79 Å². The molecule has 6 nitrogen and oxygen atoms in total. The Balaban J connectivity index is 1.84. The molecule has 1 N–H and O–H groups in total. The van der Waals surface area contributed by atoms with Crippen LogP contribution in [0.25, 0.3) is 0 Å². The Kier molecular flexibility index (Phi) is 4.73. The highest BCUT2D eigenvalue weighted by Gasteiger charge is 2.24. The quantitative estimate of drug-likeness (QED) is 0.932. The number of nitrogens with one attached hydrogen (secondary N) is 1. The van der Waals surface area contributed by atoms with Crippen molar-refractivity contribution < 1.29 is 9.47 Å². The fraction of sp³-hybridized carbons (Fsp3) is 0.412. The highest BCUT2D eigenvalue weighted by Crippen LogP contribution is 2.26. The maximum absolute atomic E-state index is 11.8. The van der Waals surface area contributed by atoms with Gasteiger partial charge in [-0.2, -0.15) is 0 Å². The Morgan fingerprint density at radius 3 is 3.04 bits per heavy atom. The molecule has 1 aromatic heterocycles. The number of methoxy groups -OCH3 is 1. The topological polar surface area (TPSA) is 67.5 Å². The minimum atomic E-state index is -0.166. The Morgan fingerprint density at radius 2 is 2.26 bits per heavy atom. The van der Waals surface area contributed by atoms with Gasteiger partial charge in [-0.3, -0.25) is 4.79 Å². The van der Waals surface area contributed by atoms with Crippen LogP contribution in [0.1, 0.15) is 23.1 Å². The van der Waals surface area contributed by atoms with Gasteiger partial charge in [-0.15, -0.1) is 0 Å². The molecule has 0 spiro atoms. The lowest BCUT2D eigenvalue weighted by atomic mass is 10.0. The number of nitrogens with zero attached hydrogens (tertiary/aromatic N) is 2. The molecule has 0 aliphatic carbocycles. The highest BCUT2D eigenvalue weighted by atomic mass is 16.5. The van der Waals surface area contributed by atoms with Crippen molar-refractivity contribution in [3.8, 4) is 0 Å². The van der Waals surface area contributed by atoms with E-state index in [1.165, 1.54) is 17.2 Å². The molecule has 1 unspecified atom stereocenters. The minimum absolute atomic E-state index is 0.0167. The van der Waals surface area contributed by atoms with Crippen LogP contribution in [-0.4, -0.2) is 36.8 Å². The van der Waals surface area contributed by atoms with Crippen molar-refractivity contribution in [2.45, 2.75) is 19.6 Å². The molecular formula is C17H21N3O3. The van der Waals surface area contributed by atoms with Crippen LogP contribution >= 0.6 is 0 Å². The molecule has 3 rings (SSSR count). The second-order valence-electron chi connectivity index (χ2n) is 5.65. The number of aryl methyl sites for hydroxylation is 1. The smallest absolute Gasteiger partial charge is 0.253 e. The number of anilines is 1. The predicted octanol–water partition coefficient (Wildman–Crippen LogP) is 1.80. The van der Waals surface area contributed by atoms with E-state index < -0.39 is 0 Å². The number of H-pyrrole nitrogens is 1. The molecule has 6 heteroatoms. The average molecular weight is 315 g/mol. The Hall–Kier alpha value is -2.18. The van der Waals surface area contributed by atoms with E-state index in [2.05, 4.69) is 33.9 Å². The molecule has 0 saturated carbocycles. The molecule has 0 bridgehead atoms. The SMILES string of the molecule is COCc1nc(N2CCOC(c3ccccc3C)C2)cc(=O)[nH]1. The van der Waals surface area contributed by atoms with Gasteiger partial charge in [0, 0.05) is 26.3 Å². The van der Waals surface area contributed by atoms with Crippen LogP contribution in [0.5, 0.6) is 0 Å². The molecule has 1 aliphatic rings. The first-order chi connectivity index (χ1) is 11.2. The molecule has 1 atom stereocenters. The van der Waals surface area contributed by atoms with Crippen molar-refractivity contribution in [1.29, 1.82) is 0 Å². The first-order valence-corrected chi connectivity index (χ1v) is 7.68. The van der Waals surface area contributed by atoms with Crippen LogP contribution in [0.4, 0.5) is 5.82 Å². The maximum atomic E-state index is 11.8. The highest BCUT2D eigenvalue weighted by molar-refractivity contribution is 5.40. The van der Waals surface area contributed by atoms with Crippen LogP contribution in [0, 0.1) is 6.92 Å². The standard InChI is InChI=1S/C17H21N3O3/c1-12-5-3-4-6-13(12)14-10-20(7-8-23-14)16-9-17(21)19-15(18-16)11-22-2/h3-6,9,14H,7-8,10-11H2,1-2H3,(H,18,19,21). The number of ether oxygens (including phenoxy) is 2. The van der Waals surface area contributed by atoms with Gasteiger partial charge in [0.05, 0.1) is 6.61 Å². The largest absolute Gasteiger partial charge is 0.377 e. The van der Waals surface area contributed by atoms with Crippen molar-refractivity contribution in [2.75, 3.05) is 31.7 Å². The van der Waals surface area contributed by atoms with E-state index in [0.29, 0.717) is 31.3 Å². The lowest BCUT2D eigenvalue weighted by Crippen LogP contribution is -2.39. The second kappa shape index (κ2) is 6.93. The summed E-state index contributed by atoms with van der Waals surface area (Å²) in [5.74, 6) is 1.21. The number of aromatic amines is 1. The minimum Gasteiger partial charge on any atom is -0.377 e. The van der Waals surface area contributed by atoms with E-state index in [-0.39, 0.29) is 18.3 Å². The van der Waals surface area contributed by atoms with Gasteiger partial charge in [0.25, 0.3) is 5.56 Å². The van der Waals surface area contributed by atoms with Gasteiger partial charge in [0.1, 0.15) is 24.4 Å². The van der Waals surface area contributed by atoms with Crippen LogP contribution < -0.4 is 10.5 Å². The summed E-state index contributed by atoms with van der Waals surface area (Å²) >= 11 is 0. The fourth-order valence-electron chi connectivity index (χ4n) is 2.85. The predicted molar refractivity (Wildman–Crippen MR) is 87.7 cm³/mol. The van der Waals surface area contributed by atoms with Gasteiger partial charge < -0.3 is 19.4 Å². The van der Waals surface area contributed by atoms with Crippen molar-refractivity contribution in [2.24, 2.45) is 0 Å². The lowest BCUT2D eigenvalue weighted by Gasteiger charge is -2.34. The van der Waals surface area contributed by atoms with Gasteiger partial charge in [0.2, 0.25) is 0 Å². The van der Waals surface area contributed by atoms with Crippen LogP contribution in [0.3, 0.4) is 0 Å². The van der Waals surface area contributed by atoms with Crippen LogP contribution in [0.2, 0.25) is 0 Å². The van der Waals surface area contributed by atoms with Crippen molar-refractivity contribution in [1.82, 2.24) is 9.97 Å². The zero-order valence-corrected chi connectivity index (χ0v) is 13.4. The summed E-state index contributed by atoms with van der Waals surface area (Å²) in [7, 11) is 1.58. The first-order valence-electron chi connectivity index (χ1n) is 7.68. The Bertz CT molecular complexity index is 729. The summed E-state index contributed by atoms with van der Waals surface area (Å²) < 4.78 is 11.0. The van der Waals surface area contributed by atoms with Gasteiger partial charge >= 0.3 is 0 Å². The molecule has 1 aromatic carbocycles. The molecule has 1 fully saturated rings. The molecule has 1 aliphatic heterocycles. The Labute approximate surface area is 135 Å². The third-order valence-electron chi connectivity index (χ3n) is 3.98. The molecule has 23 heavy (non-hydrogen) atoms. The van der Waals surface area contributed by atoms with Crippen molar-refractivity contribution >= 4 is 5.82 Å².